The Bertz CT molecular complexity index is 304. The summed E-state index contributed by atoms with van der Waals surface area (Å²) in [6, 6.07) is 3.67. The molecule has 14 heavy (non-hydrogen) atoms. The third kappa shape index (κ3) is 2.84. The molecular formula is C10H14Cl2N2. The van der Waals surface area contributed by atoms with E-state index < -0.39 is 0 Å². The van der Waals surface area contributed by atoms with Gasteiger partial charge in [-0.25, -0.2) is 4.98 Å². The largest absolute Gasteiger partial charge is 0.330 e. The van der Waals surface area contributed by atoms with E-state index >= 15 is 0 Å². The van der Waals surface area contributed by atoms with Crippen LogP contribution in [0.2, 0.25) is 10.3 Å². The predicted molar refractivity (Wildman–Crippen MR) is 61.0 cm³/mol. The van der Waals surface area contributed by atoms with Crippen LogP contribution in [-0.2, 0) is 5.41 Å². The van der Waals surface area contributed by atoms with Crippen LogP contribution in [0, 0.1) is 0 Å². The van der Waals surface area contributed by atoms with Gasteiger partial charge in [0.15, 0.2) is 0 Å². The molecule has 4 heteroatoms. The zero-order valence-corrected chi connectivity index (χ0v) is 9.86. The lowest BCUT2D eigenvalue weighted by Crippen LogP contribution is -2.21. The fourth-order valence-electron chi connectivity index (χ4n) is 1.36. The lowest BCUT2D eigenvalue weighted by Gasteiger charge is -2.24. The Labute approximate surface area is 94.4 Å². The number of aromatic nitrogens is 1. The summed E-state index contributed by atoms with van der Waals surface area (Å²) < 4.78 is 0. The first kappa shape index (κ1) is 11.8. The lowest BCUT2D eigenvalue weighted by molar-refractivity contribution is 0.487. The molecule has 0 bridgehead atoms. The number of nitrogens with zero attached hydrogens (tertiary/aromatic N) is 1. The van der Waals surface area contributed by atoms with E-state index in [0.29, 0.717) is 16.9 Å². The maximum absolute atomic E-state index is 5.83. The minimum absolute atomic E-state index is 0.00896. The van der Waals surface area contributed by atoms with Gasteiger partial charge in [0, 0.05) is 0 Å². The molecule has 0 aliphatic carbocycles. The molecule has 0 unspecified atom stereocenters. The van der Waals surface area contributed by atoms with Gasteiger partial charge in [-0.3, -0.25) is 0 Å². The SMILES string of the molecule is CC(C)(CCN)c1cc(Cl)nc(Cl)c1. The second-order valence-electron chi connectivity index (χ2n) is 3.92. The molecule has 1 aromatic rings. The fourth-order valence-corrected chi connectivity index (χ4v) is 1.82. The molecule has 2 nitrogen and oxygen atoms in total. The highest BCUT2D eigenvalue weighted by Gasteiger charge is 2.20. The minimum atomic E-state index is -0.00896. The number of nitrogens with two attached hydrogens (primary N) is 1. The predicted octanol–water partition coefficient (Wildman–Crippen LogP) is 3.01. The standard InChI is InChI=1S/C10H14Cl2N2/c1-10(2,3-4-13)7-5-8(11)14-9(12)6-7/h5-6H,3-4,13H2,1-2H3. The average Bonchev–Trinajstić information content (AvgIpc) is 2.02. The monoisotopic (exact) mass is 232 g/mol. The molecular weight excluding hydrogens is 219 g/mol. The number of rotatable bonds is 3. The molecule has 0 saturated carbocycles. The van der Waals surface area contributed by atoms with Crippen LogP contribution in [0.1, 0.15) is 25.8 Å². The Morgan fingerprint density at radius 1 is 1.29 bits per heavy atom. The molecule has 1 heterocycles. The van der Waals surface area contributed by atoms with Gasteiger partial charge in [0.25, 0.3) is 0 Å². The van der Waals surface area contributed by atoms with Gasteiger partial charge in [0.1, 0.15) is 10.3 Å². The maximum Gasteiger partial charge on any atom is 0.131 e. The summed E-state index contributed by atoms with van der Waals surface area (Å²) in [5.41, 5.74) is 6.61. The Kier molecular flexibility index (Phi) is 3.76. The van der Waals surface area contributed by atoms with Gasteiger partial charge in [0.05, 0.1) is 0 Å². The smallest absolute Gasteiger partial charge is 0.131 e. The van der Waals surface area contributed by atoms with Crippen LogP contribution in [0.3, 0.4) is 0 Å². The number of pyridine rings is 1. The van der Waals surface area contributed by atoms with E-state index in [9.17, 15) is 0 Å². The first-order chi connectivity index (χ1) is 6.45. The van der Waals surface area contributed by atoms with Crippen molar-refractivity contribution in [3.05, 3.63) is 28.0 Å². The highest BCUT2D eigenvalue weighted by molar-refractivity contribution is 6.32. The molecule has 0 saturated heterocycles. The molecule has 0 atom stereocenters. The van der Waals surface area contributed by atoms with Crippen molar-refractivity contribution in [2.45, 2.75) is 25.7 Å². The summed E-state index contributed by atoms with van der Waals surface area (Å²) in [5.74, 6) is 0. The van der Waals surface area contributed by atoms with Gasteiger partial charge in [-0.15, -0.1) is 0 Å². The van der Waals surface area contributed by atoms with Gasteiger partial charge >= 0.3 is 0 Å². The van der Waals surface area contributed by atoms with E-state index in [4.69, 9.17) is 28.9 Å². The summed E-state index contributed by atoms with van der Waals surface area (Å²) in [4.78, 5) is 3.91. The van der Waals surface area contributed by atoms with E-state index in [1.54, 1.807) is 0 Å². The minimum Gasteiger partial charge on any atom is -0.330 e. The molecule has 78 valence electrons. The molecule has 2 N–H and O–H groups in total. The zero-order valence-electron chi connectivity index (χ0n) is 8.35. The van der Waals surface area contributed by atoms with Crippen molar-refractivity contribution in [2.24, 2.45) is 5.73 Å². The first-order valence-electron chi connectivity index (χ1n) is 4.49. The van der Waals surface area contributed by atoms with Crippen molar-refractivity contribution in [3.8, 4) is 0 Å². The van der Waals surface area contributed by atoms with E-state index in [0.717, 1.165) is 12.0 Å². The molecule has 0 spiro atoms. The van der Waals surface area contributed by atoms with Crippen LogP contribution in [-0.4, -0.2) is 11.5 Å². The quantitative estimate of drug-likeness (QED) is 0.815. The van der Waals surface area contributed by atoms with E-state index in [-0.39, 0.29) is 5.41 Å². The molecule has 0 radical (unpaired) electrons. The van der Waals surface area contributed by atoms with Gasteiger partial charge < -0.3 is 5.73 Å². The Balaban J connectivity index is 3.05. The molecule has 0 aromatic carbocycles. The topological polar surface area (TPSA) is 38.9 Å². The van der Waals surface area contributed by atoms with Crippen molar-refractivity contribution in [1.82, 2.24) is 4.98 Å². The fraction of sp³-hybridized carbons (Fsp3) is 0.500. The molecule has 1 rings (SSSR count). The van der Waals surface area contributed by atoms with Crippen LogP contribution in [0.4, 0.5) is 0 Å². The van der Waals surface area contributed by atoms with Gasteiger partial charge in [0.2, 0.25) is 0 Å². The number of hydrogen-bond donors (Lipinski definition) is 1. The summed E-state index contributed by atoms with van der Waals surface area (Å²) in [5, 5.41) is 0.857. The normalized spacial score (nSPS) is 11.8. The van der Waals surface area contributed by atoms with Crippen LogP contribution in [0.15, 0.2) is 12.1 Å². The molecule has 0 amide bonds. The van der Waals surface area contributed by atoms with Crippen molar-refractivity contribution < 1.29 is 0 Å². The highest BCUT2D eigenvalue weighted by Crippen LogP contribution is 2.29. The second-order valence-corrected chi connectivity index (χ2v) is 4.70. The molecule has 0 aliphatic heterocycles. The van der Waals surface area contributed by atoms with Gasteiger partial charge in [-0.1, -0.05) is 37.0 Å². The van der Waals surface area contributed by atoms with E-state index in [2.05, 4.69) is 18.8 Å². The van der Waals surface area contributed by atoms with Crippen molar-refractivity contribution in [3.63, 3.8) is 0 Å². The van der Waals surface area contributed by atoms with E-state index in [1.165, 1.54) is 0 Å². The van der Waals surface area contributed by atoms with Gasteiger partial charge in [-0.2, -0.15) is 0 Å². The molecule has 0 fully saturated rings. The van der Waals surface area contributed by atoms with Crippen molar-refractivity contribution >= 4 is 23.2 Å². The Hall–Kier alpha value is -0.310. The second kappa shape index (κ2) is 4.47. The molecule has 1 aromatic heterocycles. The third-order valence-electron chi connectivity index (χ3n) is 2.31. The third-order valence-corrected chi connectivity index (χ3v) is 2.70. The summed E-state index contributed by atoms with van der Waals surface area (Å²) in [6.45, 7) is 4.87. The highest BCUT2D eigenvalue weighted by atomic mass is 35.5. The number of hydrogen-bond acceptors (Lipinski definition) is 2. The van der Waals surface area contributed by atoms with Crippen LogP contribution in [0.5, 0.6) is 0 Å². The van der Waals surface area contributed by atoms with E-state index in [1.807, 2.05) is 12.1 Å². The average molecular weight is 233 g/mol. The van der Waals surface area contributed by atoms with Gasteiger partial charge in [-0.05, 0) is 36.1 Å². The Morgan fingerprint density at radius 2 is 1.79 bits per heavy atom. The summed E-state index contributed by atoms with van der Waals surface area (Å²) in [7, 11) is 0. The number of halogens is 2. The van der Waals surface area contributed by atoms with Crippen molar-refractivity contribution in [2.75, 3.05) is 6.54 Å². The lowest BCUT2D eigenvalue weighted by atomic mass is 9.82. The molecule has 0 aliphatic rings. The van der Waals surface area contributed by atoms with Crippen molar-refractivity contribution in [1.29, 1.82) is 0 Å². The Morgan fingerprint density at radius 3 is 2.21 bits per heavy atom. The van der Waals surface area contributed by atoms with Crippen LogP contribution in [0.25, 0.3) is 0 Å². The first-order valence-corrected chi connectivity index (χ1v) is 5.25. The van der Waals surface area contributed by atoms with Crippen LogP contribution >= 0.6 is 23.2 Å². The van der Waals surface area contributed by atoms with Crippen LogP contribution < -0.4 is 5.73 Å². The summed E-state index contributed by atoms with van der Waals surface area (Å²) >= 11 is 11.7. The maximum atomic E-state index is 5.83. The zero-order chi connectivity index (χ0) is 10.8. The summed E-state index contributed by atoms with van der Waals surface area (Å²) in [6.07, 6.45) is 0.893.